The first kappa shape index (κ1) is 19.0. The number of hydrogen-bond acceptors (Lipinski definition) is 7. The highest BCUT2D eigenvalue weighted by Crippen LogP contribution is 2.25. The number of ether oxygens (including phenoxy) is 4. The van der Waals surface area contributed by atoms with Crippen LogP contribution in [-0.2, 0) is 9.47 Å². The number of esters is 2. The molecule has 0 unspecified atom stereocenters. The molecule has 26 heavy (non-hydrogen) atoms. The number of methoxy groups -OCH3 is 4. The topological polar surface area (TPSA) is 88.1 Å². The van der Waals surface area contributed by atoms with Gasteiger partial charge in [0.2, 0.25) is 0 Å². The fourth-order valence-corrected chi connectivity index (χ4v) is 2.40. The maximum atomic E-state index is 12.8. The molecule has 0 atom stereocenters. The van der Waals surface area contributed by atoms with Crippen LogP contribution < -0.4 is 9.47 Å². The van der Waals surface area contributed by atoms with Gasteiger partial charge in [0.25, 0.3) is 0 Å². The summed E-state index contributed by atoms with van der Waals surface area (Å²) in [6, 6.07) is 8.82. The largest absolute Gasteiger partial charge is 0.496 e. The Bertz CT molecular complexity index is 785. The van der Waals surface area contributed by atoms with Gasteiger partial charge in [-0.2, -0.15) is 0 Å². The lowest BCUT2D eigenvalue weighted by Gasteiger charge is -2.11. The molecule has 0 heterocycles. The van der Waals surface area contributed by atoms with Gasteiger partial charge in [0.05, 0.1) is 28.4 Å². The maximum Gasteiger partial charge on any atom is 0.341 e. The van der Waals surface area contributed by atoms with Crippen molar-refractivity contribution in [3.63, 3.8) is 0 Å². The minimum atomic E-state index is -0.624. The minimum absolute atomic E-state index is 0.127. The summed E-state index contributed by atoms with van der Waals surface area (Å²) in [5, 5.41) is 0. The smallest absolute Gasteiger partial charge is 0.341 e. The van der Waals surface area contributed by atoms with Crippen LogP contribution >= 0.6 is 0 Å². The predicted octanol–water partition coefficient (Wildman–Crippen LogP) is 2.51. The summed E-state index contributed by atoms with van der Waals surface area (Å²) in [5.74, 6) is -1.05. The van der Waals surface area contributed by atoms with Crippen LogP contribution in [0.5, 0.6) is 11.5 Å². The molecular weight excluding hydrogens is 340 g/mol. The highest BCUT2D eigenvalue weighted by Gasteiger charge is 2.20. The van der Waals surface area contributed by atoms with Gasteiger partial charge in [-0.1, -0.05) is 0 Å². The van der Waals surface area contributed by atoms with Crippen LogP contribution in [0.1, 0.15) is 36.6 Å². The molecule has 0 saturated carbocycles. The Hall–Kier alpha value is -3.35. The van der Waals surface area contributed by atoms with Gasteiger partial charge >= 0.3 is 11.9 Å². The zero-order chi connectivity index (χ0) is 19.3. The Balaban J connectivity index is 2.49. The summed E-state index contributed by atoms with van der Waals surface area (Å²) in [4.78, 5) is 36.5. The lowest BCUT2D eigenvalue weighted by Crippen LogP contribution is -2.10. The molecular formula is C19H18O7. The molecule has 7 nitrogen and oxygen atoms in total. The lowest BCUT2D eigenvalue weighted by atomic mass is 9.99. The monoisotopic (exact) mass is 358 g/mol. The van der Waals surface area contributed by atoms with Crippen molar-refractivity contribution in [1.82, 2.24) is 0 Å². The van der Waals surface area contributed by atoms with E-state index in [0.29, 0.717) is 11.5 Å². The van der Waals surface area contributed by atoms with Gasteiger partial charge < -0.3 is 18.9 Å². The second kappa shape index (κ2) is 8.15. The van der Waals surface area contributed by atoms with Crippen LogP contribution in [0.4, 0.5) is 0 Å². The highest BCUT2D eigenvalue weighted by molar-refractivity contribution is 6.11. The zero-order valence-corrected chi connectivity index (χ0v) is 14.8. The zero-order valence-electron chi connectivity index (χ0n) is 14.8. The number of benzene rings is 2. The third-order valence-electron chi connectivity index (χ3n) is 3.73. The van der Waals surface area contributed by atoms with E-state index in [9.17, 15) is 14.4 Å². The summed E-state index contributed by atoms with van der Waals surface area (Å²) in [5.41, 5.74) is 0.740. The summed E-state index contributed by atoms with van der Waals surface area (Å²) < 4.78 is 19.6. The Morgan fingerprint density at radius 3 is 1.35 bits per heavy atom. The molecule has 0 amide bonds. The van der Waals surface area contributed by atoms with E-state index < -0.39 is 11.9 Å². The molecule has 2 aromatic rings. The molecule has 0 aliphatic rings. The summed E-state index contributed by atoms with van der Waals surface area (Å²) >= 11 is 0. The third kappa shape index (κ3) is 3.66. The van der Waals surface area contributed by atoms with Gasteiger partial charge in [0.15, 0.2) is 5.78 Å². The van der Waals surface area contributed by atoms with Gasteiger partial charge in [0.1, 0.15) is 22.6 Å². The molecule has 0 aliphatic carbocycles. The molecule has 2 rings (SSSR count). The third-order valence-corrected chi connectivity index (χ3v) is 3.73. The first-order chi connectivity index (χ1) is 12.5. The highest BCUT2D eigenvalue weighted by atomic mass is 16.5. The van der Waals surface area contributed by atoms with Crippen molar-refractivity contribution in [2.45, 2.75) is 0 Å². The number of rotatable bonds is 6. The number of ketones is 1. The van der Waals surface area contributed by atoms with Gasteiger partial charge in [-0.25, -0.2) is 9.59 Å². The average Bonchev–Trinajstić information content (AvgIpc) is 2.70. The molecule has 0 spiro atoms. The normalized spacial score (nSPS) is 10.0. The van der Waals surface area contributed by atoms with Crippen LogP contribution in [0.3, 0.4) is 0 Å². The van der Waals surface area contributed by atoms with Crippen LogP contribution in [0.15, 0.2) is 36.4 Å². The molecule has 7 heteroatoms. The molecule has 0 N–H and O–H groups in total. The Kier molecular flexibility index (Phi) is 5.95. The van der Waals surface area contributed by atoms with Crippen molar-refractivity contribution in [1.29, 1.82) is 0 Å². The number of carbonyl (C=O) groups excluding carboxylic acids is 3. The van der Waals surface area contributed by atoms with Crippen molar-refractivity contribution in [2.75, 3.05) is 28.4 Å². The molecule has 2 aromatic carbocycles. The average molecular weight is 358 g/mol. The number of carbonyl (C=O) groups is 3. The second-order valence-corrected chi connectivity index (χ2v) is 5.14. The molecule has 0 radical (unpaired) electrons. The Morgan fingerprint density at radius 1 is 0.654 bits per heavy atom. The van der Waals surface area contributed by atoms with E-state index >= 15 is 0 Å². The first-order valence-corrected chi connectivity index (χ1v) is 7.54. The van der Waals surface area contributed by atoms with Crippen LogP contribution in [0, 0.1) is 0 Å². The second-order valence-electron chi connectivity index (χ2n) is 5.14. The minimum Gasteiger partial charge on any atom is -0.496 e. The van der Waals surface area contributed by atoms with E-state index in [1.807, 2.05) is 0 Å². The van der Waals surface area contributed by atoms with Crippen LogP contribution in [-0.4, -0.2) is 46.2 Å². The standard InChI is InChI=1S/C19H18O7/c1-23-15-7-5-11(9-13(15)18(21)25-3)17(20)12-6-8-16(24-2)14(10-12)19(22)26-4/h5-10H,1-4H3. The molecule has 0 saturated heterocycles. The first-order valence-electron chi connectivity index (χ1n) is 7.54. The molecule has 136 valence electrons. The molecule has 0 bridgehead atoms. The fourth-order valence-electron chi connectivity index (χ4n) is 2.40. The molecule has 0 fully saturated rings. The predicted molar refractivity (Wildman–Crippen MR) is 92.1 cm³/mol. The van der Waals surface area contributed by atoms with Crippen LogP contribution in [0.2, 0.25) is 0 Å². The van der Waals surface area contributed by atoms with E-state index in [4.69, 9.17) is 18.9 Å². The fraction of sp³-hybridized carbons (Fsp3) is 0.211. The van der Waals surface area contributed by atoms with E-state index in [-0.39, 0.29) is 28.0 Å². The van der Waals surface area contributed by atoms with E-state index in [0.717, 1.165) is 0 Å². The van der Waals surface area contributed by atoms with E-state index in [1.54, 1.807) is 0 Å². The van der Waals surface area contributed by atoms with Crippen molar-refractivity contribution in [3.05, 3.63) is 58.7 Å². The Morgan fingerprint density at radius 2 is 1.04 bits per heavy atom. The Labute approximate surface area is 150 Å². The van der Waals surface area contributed by atoms with Crippen LogP contribution in [0.25, 0.3) is 0 Å². The van der Waals surface area contributed by atoms with Gasteiger partial charge in [-0.3, -0.25) is 4.79 Å². The molecule has 0 aliphatic heterocycles. The van der Waals surface area contributed by atoms with Gasteiger partial charge in [0, 0.05) is 11.1 Å². The van der Waals surface area contributed by atoms with Crippen molar-refractivity contribution >= 4 is 17.7 Å². The summed E-state index contributed by atoms with van der Waals surface area (Å²) in [7, 11) is 5.30. The van der Waals surface area contributed by atoms with Crippen molar-refractivity contribution in [3.8, 4) is 11.5 Å². The number of hydrogen-bond donors (Lipinski definition) is 0. The summed E-state index contributed by atoms with van der Waals surface area (Å²) in [6.45, 7) is 0. The maximum absolute atomic E-state index is 12.8. The summed E-state index contributed by atoms with van der Waals surface area (Å²) in [6.07, 6.45) is 0. The van der Waals surface area contributed by atoms with E-state index in [2.05, 4.69) is 0 Å². The van der Waals surface area contributed by atoms with Crippen molar-refractivity contribution in [2.24, 2.45) is 0 Å². The lowest BCUT2D eigenvalue weighted by molar-refractivity contribution is 0.0588. The van der Waals surface area contributed by atoms with E-state index in [1.165, 1.54) is 64.8 Å². The van der Waals surface area contributed by atoms with Gasteiger partial charge in [-0.15, -0.1) is 0 Å². The van der Waals surface area contributed by atoms with Gasteiger partial charge in [-0.05, 0) is 36.4 Å². The SMILES string of the molecule is COC(=O)c1cc(C(=O)c2ccc(OC)c(C(=O)OC)c2)ccc1OC. The van der Waals surface area contributed by atoms with Crippen molar-refractivity contribution < 1.29 is 33.3 Å². The molecule has 0 aromatic heterocycles. The quantitative estimate of drug-likeness (QED) is 0.579.